The molecule has 0 heterocycles. The van der Waals surface area contributed by atoms with Crippen molar-refractivity contribution in [3.05, 3.63) is 47.6 Å². The molecule has 0 aromatic heterocycles. The minimum Gasteiger partial charge on any atom is -0.393 e. The third-order valence-electron chi connectivity index (χ3n) is 11.3. The highest BCUT2D eigenvalue weighted by molar-refractivity contribution is 5.88. The van der Waals surface area contributed by atoms with E-state index in [0.717, 1.165) is 49.7 Å². The van der Waals surface area contributed by atoms with E-state index in [9.17, 15) is 20.1 Å². The molecule has 0 aliphatic heterocycles. The number of Topliss-reactive ketones (excluding diaryl/α,β-unsaturated/α-hetero) is 1. The van der Waals surface area contributed by atoms with Crippen LogP contribution in [0.3, 0.4) is 0 Å². The molecular formula is C36H56O4. The second-order valence-corrected chi connectivity index (χ2v) is 14.5. The van der Waals surface area contributed by atoms with Gasteiger partial charge in [0.25, 0.3) is 0 Å². The number of allylic oxidation sites excluding steroid dienone is 4. The molecule has 3 N–H and O–H groups in total. The van der Waals surface area contributed by atoms with Crippen molar-refractivity contribution < 1.29 is 20.1 Å². The minimum absolute atomic E-state index is 0.0729. The Morgan fingerprint density at radius 3 is 2.52 bits per heavy atom. The molecule has 4 nitrogen and oxygen atoms in total. The summed E-state index contributed by atoms with van der Waals surface area (Å²) in [6.07, 6.45) is 21.5. The van der Waals surface area contributed by atoms with Gasteiger partial charge in [-0.2, -0.15) is 0 Å². The fourth-order valence-electron chi connectivity index (χ4n) is 8.58. The Balaban J connectivity index is 1.42. The van der Waals surface area contributed by atoms with Gasteiger partial charge in [0.1, 0.15) is 5.78 Å². The number of unbranched alkanes of at least 4 members (excludes halogenated alkanes) is 4. The average molecular weight is 553 g/mol. The Morgan fingerprint density at radius 1 is 1.10 bits per heavy atom. The molecule has 4 fully saturated rings. The Labute approximate surface area is 243 Å². The van der Waals surface area contributed by atoms with Crippen LogP contribution in [0.4, 0.5) is 0 Å². The van der Waals surface area contributed by atoms with E-state index in [1.165, 1.54) is 44.1 Å². The average Bonchev–Trinajstić information content (AvgIpc) is 3.64. The molecule has 224 valence electrons. The standard InChI is InChI=1S/C36H56O4/c1-6-7-8-9-10-13-32(39)36(21-22-36)33(40)18-20-34(3,4)31-17-16-29-26(12-11-19-35(29,31)5)14-15-27-23-28(37)24-30(38)25(27)2/h14-15,18,20,28-31,33,37-38,40H,2,6-13,16-17,19,21-24H2,1,3-5H3/b20-18+,26-14+,27-15-/t28-,29+,30+,31-,33-,35+/m1/s1. The first-order valence-electron chi connectivity index (χ1n) is 16.3. The number of rotatable bonds is 12. The van der Waals surface area contributed by atoms with Gasteiger partial charge in [0.15, 0.2) is 0 Å². The molecule has 0 bridgehead atoms. The van der Waals surface area contributed by atoms with Gasteiger partial charge in [0.2, 0.25) is 0 Å². The number of hydrogen-bond donors (Lipinski definition) is 3. The summed E-state index contributed by atoms with van der Waals surface area (Å²) in [7, 11) is 0. The zero-order valence-electron chi connectivity index (χ0n) is 25.8. The predicted molar refractivity (Wildman–Crippen MR) is 164 cm³/mol. The van der Waals surface area contributed by atoms with Gasteiger partial charge in [-0.3, -0.25) is 4.79 Å². The molecule has 0 saturated heterocycles. The van der Waals surface area contributed by atoms with E-state index < -0.39 is 23.7 Å². The summed E-state index contributed by atoms with van der Waals surface area (Å²) < 4.78 is 0. The fraction of sp³-hybridized carbons (Fsp3) is 0.750. The first-order chi connectivity index (χ1) is 18.9. The van der Waals surface area contributed by atoms with Crippen LogP contribution >= 0.6 is 0 Å². The third-order valence-corrected chi connectivity index (χ3v) is 11.3. The molecule has 0 aromatic rings. The Morgan fingerprint density at radius 2 is 1.82 bits per heavy atom. The number of ketones is 1. The first-order valence-corrected chi connectivity index (χ1v) is 16.3. The second-order valence-electron chi connectivity index (χ2n) is 14.5. The zero-order valence-corrected chi connectivity index (χ0v) is 25.8. The highest BCUT2D eigenvalue weighted by Gasteiger charge is 2.55. The van der Waals surface area contributed by atoms with Crippen molar-refractivity contribution in [1.29, 1.82) is 0 Å². The van der Waals surface area contributed by atoms with E-state index >= 15 is 0 Å². The topological polar surface area (TPSA) is 77.8 Å². The lowest BCUT2D eigenvalue weighted by molar-refractivity contribution is -0.127. The molecule has 0 spiro atoms. The van der Waals surface area contributed by atoms with Crippen LogP contribution in [0, 0.1) is 28.1 Å². The molecule has 0 amide bonds. The largest absolute Gasteiger partial charge is 0.393 e. The third kappa shape index (κ3) is 6.60. The van der Waals surface area contributed by atoms with Crippen LogP contribution in [0.2, 0.25) is 0 Å². The lowest BCUT2D eigenvalue weighted by atomic mass is 9.57. The first kappa shape index (κ1) is 31.4. The van der Waals surface area contributed by atoms with Crippen LogP contribution in [0.1, 0.15) is 124 Å². The van der Waals surface area contributed by atoms with E-state index in [2.05, 4.69) is 52.5 Å². The number of fused-ring (bicyclic) bond motifs is 1. The molecule has 0 radical (unpaired) electrons. The maximum absolute atomic E-state index is 13.1. The van der Waals surface area contributed by atoms with Crippen LogP contribution in [0.5, 0.6) is 0 Å². The number of carbonyl (C=O) groups excluding carboxylic acids is 1. The van der Waals surface area contributed by atoms with E-state index in [1.54, 1.807) is 0 Å². The number of aliphatic hydroxyl groups excluding tert-OH is 3. The van der Waals surface area contributed by atoms with Crippen LogP contribution in [0.25, 0.3) is 0 Å². The number of aliphatic hydroxyl groups is 3. The molecule has 4 heteroatoms. The lowest BCUT2D eigenvalue weighted by Crippen LogP contribution is -2.39. The van der Waals surface area contributed by atoms with Gasteiger partial charge in [-0.05, 0) is 91.6 Å². The molecule has 4 aliphatic carbocycles. The van der Waals surface area contributed by atoms with E-state index in [4.69, 9.17) is 0 Å². The summed E-state index contributed by atoms with van der Waals surface area (Å²) in [5, 5.41) is 31.6. The van der Waals surface area contributed by atoms with Crippen molar-refractivity contribution in [2.75, 3.05) is 0 Å². The second kappa shape index (κ2) is 12.8. The van der Waals surface area contributed by atoms with Crippen LogP contribution < -0.4 is 0 Å². The number of carbonyl (C=O) groups is 1. The van der Waals surface area contributed by atoms with Gasteiger partial charge < -0.3 is 15.3 Å². The summed E-state index contributed by atoms with van der Waals surface area (Å²) in [6.45, 7) is 13.4. The van der Waals surface area contributed by atoms with Gasteiger partial charge in [-0.15, -0.1) is 0 Å². The SMILES string of the molecule is C=C1/C(=C\C=C2/CCC[C@]3(C)[C@@H](C(C)(C)/C=C/[C@@H](O)C4(C(=O)CCCCCCC)CC4)CC[C@@H]23)C[C@@H](O)C[C@@H]1O. The van der Waals surface area contributed by atoms with Gasteiger partial charge >= 0.3 is 0 Å². The maximum Gasteiger partial charge on any atom is 0.141 e. The molecule has 6 atom stereocenters. The maximum atomic E-state index is 13.1. The molecule has 4 rings (SSSR count). The van der Waals surface area contributed by atoms with Gasteiger partial charge in [0, 0.05) is 12.8 Å². The van der Waals surface area contributed by atoms with E-state index in [-0.39, 0.29) is 16.6 Å². The van der Waals surface area contributed by atoms with Gasteiger partial charge in [-0.25, -0.2) is 0 Å². The smallest absolute Gasteiger partial charge is 0.141 e. The minimum atomic E-state index is -0.678. The van der Waals surface area contributed by atoms with Crippen molar-refractivity contribution in [1.82, 2.24) is 0 Å². The van der Waals surface area contributed by atoms with Crippen molar-refractivity contribution >= 4 is 5.78 Å². The van der Waals surface area contributed by atoms with Crippen LogP contribution in [-0.4, -0.2) is 39.4 Å². The van der Waals surface area contributed by atoms with Crippen molar-refractivity contribution in [3.63, 3.8) is 0 Å². The summed E-state index contributed by atoms with van der Waals surface area (Å²) >= 11 is 0. The Hall–Kier alpha value is -1.49. The monoisotopic (exact) mass is 552 g/mol. The lowest BCUT2D eigenvalue weighted by Gasteiger charge is -2.47. The van der Waals surface area contributed by atoms with Crippen molar-refractivity contribution in [2.45, 2.75) is 142 Å². The molecule has 0 unspecified atom stereocenters. The highest BCUT2D eigenvalue weighted by atomic mass is 16.3. The summed E-state index contributed by atoms with van der Waals surface area (Å²) in [5.74, 6) is 1.29. The molecule has 4 saturated carbocycles. The normalized spacial score (nSPS) is 34.9. The molecule has 4 aliphatic rings. The summed E-state index contributed by atoms with van der Waals surface area (Å²) in [4.78, 5) is 13.1. The Kier molecular flexibility index (Phi) is 10.1. The predicted octanol–water partition coefficient (Wildman–Crippen LogP) is 7.78. The van der Waals surface area contributed by atoms with Gasteiger partial charge in [-0.1, -0.05) is 89.8 Å². The fourth-order valence-corrected chi connectivity index (χ4v) is 8.58. The van der Waals surface area contributed by atoms with Crippen molar-refractivity contribution in [2.24, 2.45) is 28.1 Å². The van der Waals surface area contributed by atoms with Crippen LogP contribution in [-0.2, 0) is 4.79 Å². The zero-order chi connectivity index (χ0) is 29.1. The van der Waals surface area contributed by atoms with E-state index in [0.29, 0.717) is 31.1 Å². The summed E-state index contributed by atoms with van der Waals surface area (Å²) in [6, 6.07) is 0. The van der Waals surface area contributed by atoms with E-state index in [1.807, 2.05) is 6.08 Å². The molecule has 40 heavy (non-hydrogen) atoms. The highest BCUT2D eigenvalue weighted by Crippen LogP contribution is 2.62. The van der Waals surface area contributed by atoms with Crippen molar-refractivity contribution in [3.8, 4) is 0 Å². The molecule has 0 aromatic carbocycles. The quantitative estimate of drug-likeness (QED) is 0.171. The number of hydrogen-bond acceptors (Lipinski definition) is 4. The van der Waals surface area contributed by atoms with Crippen LogP contribution in [0.15, 0.2) is 47.6 Å². The Bertz CT molecular complexity index is 1010. The molecular weight excluding hydrogens is 496 g/mol. The van der Waals surface area contributed by atoms with Gasteiger partial charge in [0.05, 0.1) is 23.7 Å². The summed E-state index contributed by atoms with van der Waals surface area (Å²) in [5.41, 5.74) is 2.80.